The number of hydrogen-bond donors (Lipinski definition) is 1. The first-order chi connectivity index (χ1) is 15.7. The highest BCUT2D eigenvalue weighted by molar-refractivity contribution is 7.90. The van der Waals surface area contributed by atoms with E-state index < -0.39 is 27.8 Å². The SMILES string of the molecule is CCNC(=O)[C@H](C)N(Cc1ccc(F)cc1)C(=O)CCCN1C(=O)c2ccccc2S1(=O)=O. The first-order valence-corrected chi connectivity index (χ1v) is 12.1. The van der Waals surface area contributed by atoms with Crippen LogP contribution in [0.25, 0.3) is 0 Å². The molecular weight excluding hydrogens is 449 g/mol. The summed E-state index contributed by atoms with van der Waals surface area (Å²) in [5, 5.41) is 2.68. The molecule has 2 aromatic carbocycles. The zero-order valence-electron chi connectivity index (χ0n) is 18.5. The molecule has 1 N–H and O–H groups in total. The third-order valence-electron chi connectivity index (χ3n) is 5.45. The second kappa shape index (κ2) is 10.1. The molecule has 0 fully saturated rings. The van der Waals surface area contributed by atoms with Gasteiger partial charge in [0.15, 0.2) is 0 Å². The Morgan fingerprint density at radius 3 is 2.42 bits per heavy atom. The molecule has 3 amide bonds. The van der Waals surface area contributed by atoms with Gasteiger partial charge in [-0.15, -0.1) is 0 Å². The summed E-state index contributed by atoms with van der Waals surface area (Å²) >= 11 is 0. The molecule has 0 saturated carbocycles. The number of halogens is 1. The molecule has 1 atom stereocenters. The quantitative estimate of drug-likeness (QED) is 0.599. The van der Waals surface area contributed by atoms with Gasteiger partial charge in [-0.05, 0) is 50.1 Å². The van der Waals surface area contributed by atoms with E-state index in [1.54, 1.807) is 26.0 Å². The number of carbonyl (C=O) groups is 3. The van der Waals surface area contributed by atoms with Gasteiger partial charge in [0.1, 0.15) is 16.8 Å². The molecule has 1 aliphatic heterocycles. The maximum atomic E-state index is 13.3. The van der Waals surface area contributed by atoms with Crippen LogP contribution in [0.15, 0.2) is 53.4 Å². The van der Waals surface area contributed by atoms with Crippen LogP contribution in [0.3, 0.4) is 0 Å². The zero-order valence-corrected chi connectivity index (χ0v) is 19.3. The number of hydrogen-bond acceptors (Lipinski definition) is 5. The number of carbonyl (C=O) groups excluding carboxylic acids is 3. The van der Waals surface area contributed by atoms with Gasteiger partial charge < -0.3 is 10.2 Å². The van der Waals surface area contributed by atoms with Gasteiger partial charge in [-0.2, -0.15) is 0 Å². The Kier molecular flexibility index (Phi) is 7.47. The largest absolute Gasteiger partial charge is 0.355 e. The summed E-state index contributed by atoms with van der Waals surface area (Å²) in [5.74, 6) is -1.73. The normalized spacial score (nSPS) is 15.1. The lowest BCUT2D eigenvalue weighted by Crippen LogP contribution is -2.47. The highest BCUT2D eigenvalue weighted by Gasteiger charge is 2.40. The Morgan fingerprint density at radius 1 is 1.12 bits per heavy atom. The highest BCUT2D eigenvalue weighted by Crippen LogP contribution is 2.30. The van der Waals surface area contributed by atoms with Gasteiger partial charge in [-0.3, -0.25) is 14.4 Å². The molecule has 0 saturated heterocycles. The Labute approximate surface area is 192 Å². The van der Waals surface area contributed by atoms with Crippen LogP contribution in [0.2, 0.25) is 0 Å². The van der Waals surface area contributed by atoms with Gasteiger partial charge in [0.05, 0.1) is 5.56 Å². The van der Waals surface area contributed by atoms with E-state index in [0.29, 0.717) is 12.1 Å². The maximum absolute atomic E-state index is 13.3. The predicted molar refractivity (Wildman–Crippen MR) is 119 cm³/mol. The summed E-state index contributed by atoms with van der Waals surface area (Å²) in [6.45, 7) is 3.70. The summed E-state index contributed by atoms with van der Waals surface area (Å²) in [6.07, 6.45) is 0.0282. The van der Waals surface area contributed by atoms with Crippen LogP contribution in [0.4, 0.5) is 4.39 Å². The van der Waals surface area contributed by atoms with Crippen molar-refractivity contribution in [1.82, 2.24) is 14.5 Å². The van der Waals surface area contributed by atoms with E-state index >= 15 is 0 Å². The standard InChI is InChI=1S/C23H26FN3O5S/c1-3-25-22(29)16(2)26(15-17-10-12-18(24)13-11-17)21(28)9-6-14-27-23(30)19-7-4-5-8-20(19)33(27,31)32/h4-5,7-8,10-13,16H,3,6,9,14-15H2,1-2H3,(H,25,29)/t16-/m0/s1. The zero-order chi connectivity index (χ0) is 24.2. The molecule has 8 nitrogen and oxygen atoms in total. The third-order valence-corrected chi connectivity index (χ3v) is 7.29. The van der Waals surface area contributed by atoms with Crippen molar-refractivity contribution in [3.8, 4) is 0 Å². The van der Waals surface area contributed by atoms with Gasteiger partial charge in [-0.25, -0.2) is 17.1 Å². The molecule has 0 aromatic heterocycles. The van der Waals surface area contributed by atoms with E-state index in [4.69, 9.17) is 0 Å². The lowest BCUT2D eigenvalue weighted by atomic mass is 10.1. The molecule has 0 unspecified atom stereocenters. The number of rotatable bonds is 9. The number of sulfonamides is 1. The molecule has 0 spiro atoms. The van der Waals surface area contributed by atoms with Crippen molar-refractivity contribution >= 4 is 27.7 Å². The number of benzene rings is 2. The van der Waals surface area contributed by atoms with Crippen LogP contribution in [0, 0.1) is 5.82 Å². The minimum absolute atomic E-state index is 0.0379. The van der Waals surface area contributed by atoms with E-state index in [1.165, 1.54) is 41.3 Å². The number of amides is 3. The fourth-order valence-corrected chi connectivity index (χ4v) is 5.27. The van der Waals surface area contributed by atoms with Gasteiger partial charge in [0.25, 0.3) is 15.9 Å². The highest BCUT2D eigenvalue weighted by atomic mass is 32.2. The Morgan fingerprint density at radius 2 is 1.79 bits per heavy atom. The molecule has 2 aromatic rings. The molecule has 10 heteroatoms. The van der Waals surface area contributed by atoms with Gasteiger partial charge in [-0.1, -0.05) is 24.3 Å². The smallest absolute Gasteiger partial charge is 0.269 e. The van der Waals surface area contributed by atoms with Gasteiger partial charge in [0, 0.05) is 26.1 Å². The van der Waals surface area contributed by atoms with Crippen LogP contribution in [0.5, 0.6) is 0 Å². The molecule has 1 heterocycles. The number of likely N-dealkylation sites (N-methyl/N-ethyl adjacent to an activating group) is 1. The fourth-order valence-electron chi connectivity index (χ4n) is 3.66. The van der Waals surface area contributed by atoms with Crippen molar-refractivity contribution in [3.63, 3.8) is 0 Å². The van der Waals surface area contributed by atoms with Crippen LogP contribution in [-0.4, -0.2) is 54.5 Å². The van der Waals surface area contributed by atoms with Crippen molar-refractivity contribution in [2.24, 2.45) is 0 Å². The monoisotopic (exact) mass is 475 g/mol. The molecule has 0 bridgehead atoms. The molecule has 0 aliphatic carbocycles. The minimum atomic E-state index is -3.94. The lowest BCUT2D eigenvalue weighted by Gasteiger charge is -2.29. The summed E-state index contributed by atoms with van der Waals surface area (Å²) in [4.78, 5) is 39.2. The third kappa shape index (κ3) is 5.22. The first kappa shape index (κ1) is 24.4. The molecule has 33 heavy (non-hydrogen) atoms. The van der Waals surface area contributed by atoms with Crippen molar-refractivity contribution in [3.05, 3.63) is 65.5 Å². The van der Waals surface area contributed by atoms with Gasteiger partial charge >= 0.3 is 0 Å². The summed E-state index contributed by atoms with van der Waals surface area (Å²) < 4.78 is 39.4. The average molecular weight is 476 g/mol. The van der Waals surface area contributed by atoms with Crippen molar-refractivity contribution < 1.29 is 27.2 Å². The first-order valence-electron chi connectivity index (χ1n) is 10.6. The molecule has 1 aliphatic rings. The predicted octanol–water partition coefficient (Wildman–Crippen LogP) is 2.30. The minimum Gasteiger partial charge on any atom is -0.355 e. The molecule has 3 rings (SSSR count). The van der Waals surface area contributed by atoms with Crippen molar-refractivity contribution in [1.29, 1.82) is 0 Å². The second-order valence-corrected chi connectivity index (χ2v) is 9.53. The van der Waals surface area contributed by atoms with Crippen LogP contribution >= 0.6 is 0 Å². The van der Waals surface area contributed by atoms with Crippen LogP contribution in [-0.2, 0) is 26.2 Å². The molecule has 176 valence electrons. The molecule has 0 radical (unpaired) electrons. The Balaban J connectivity index is 1.70. The summed E-state index contributed by atoms with van der Waals surface area (Å²) in [6, 6.07) is 10.8. The van der Waals surface area contributed by atoms with E-state index in [-0.39, 0.29) is 48.2 Å². The Bertz CT molecular complexity index is 1150. The number of nitrogens with one attached hydrogen (secondary N) is 1. The van der Waals surface area contributed by atoms with Gasteiger partial charge in [0.2, 0.25) is 11.8 Å². The van der Waals surface area contributed by atoms with E-state index in [2.05, 4.69) is 5.32 Å². The van der Waals surface area contributed by atoms with Crippen LogP contribution < -0.4 is 5.32 Å². The van der Waals surface area contributed by atoms with E-state index in [9.17, 15) is 27.2 Å². The second-order valence-electron chi connectivity index (χ2n) is 7.70. The summed E-state index contributed by atoms with van der Waals surface area (Å²) in [7, 11) is -3.94. The fraction of sp³-hybridized carbons (Fsp3) is 0.348. The van der Waals surface area contributed by atoms with E-state index in [0.717, 1.165) is 4.31 Å². The lowest BCUT2D eigenvalue weighted by molar-refractivity contribution is -0.140. The topological polar surface area (TPSA) is 104 Å². The molecular formula is C23H26FN3O5S. The number of nitrogens with zero attached hydrogens (tertiary/aromatic N) is 2. The number of fused-ring (bicyclic) bond motifs is 1. The Hall–Kier alpha value is -3.27. The average Bonchev–Trinajstić information content (AvgIpc) is 2.99. The van der Waals surface area contributed by atoms with Crippen molar-refractivity contribution in [2.75, 3.05) is 13.1 Å². The van der Waals surface area contributed by atoms with Crippen LogP contribution in [0.1, 0.15) is 42.6 Å². The van der Waals surface area contributed by atoms with E-state index in [1.807, 2.05) is 0 Å². The van der Waals surface area contributed by atoms with Crippen molar-refractivity contribution in [2.45, 2.75) is 44.2 Å². The summed E-state index contributed by atoms with van der Waals surface area (Å²) in [5.41, 5.74) is 0.764. The maximum Gasteiger partial charge on any atom is 0.269 e.